The van der Waals surface area contributed by atoms with Crippen LogP contribution < -0.4 is 5.01 Å². The molecule has 5 aromatic rings. The lowest BCUT2D eigenvalue weighted by atomic mass is 9.81. The number of rotatable bonds is 8. The highest BCUT2D eigenvalue weighted by Crippen LogP contribution is 2.71. The van der Waals surface area contributed by atoms with E-state index in [1.54, 1.807) is 36.0 Å². The summed E-state index contributed by atoms with van der Waals surface area (Å²) in [6.45, 7) is 4.31. The van der Waals surface area contributed by atoms with E-state index in [0.29, 0.717) is 16.3 Å². The molecule has 0 bridgehead atoms. The minimum absolute atomic E-state index is 0.00457. The number of nitro benzene ring substituents is 1. The molecular formula is C38H31N3O3S2. The van der Waals surface area contributed by atoms with Gasteiger partial charge < -0.3 is 0 Å². The van der Waals surface area contributed by atoms with E-state index in [9.17, 15) is 14.9 Å². The maximum absolute atomic E-state index is 14.0. The molecule has 0 radical (unpaired) electrons. The van der Waals surface area contributed by atoms with Crippen LogP contribution in [-0.2, 0) is 21.8 Å². The second-order valence-corrected chi connectivity index (χ2v) is 14.1. The zero-order valence-corrected chi connectivity index (χ0v) is 27.1. The zero-order valence-electron chi connectivity index (χ0n) is 25.4. The molecule has 6 nitrogen and oxygen atoms in total. The van der Waals surface area contributed by atoms with Crippen LogP contribution in [-0.4, -0.2) is 15.8 Å². The molecule has 228 valence electrons. The molecule has 2 aliphatic rings. The number of ketones is 1. The van der Waals surface area contributed by atoms with Crippen molar-refractivity contribution in [2.75, 3.05) is 5.01 Å². The van der Waals surface area contributed by atoms with Crippen LogP contribution in [0.3, 0.4) is 0 Å². The van der Waals surface area contributed by atoms with Gasteiger partial charge in [0.1, 0.15) is 0 Å². The van der Waals surface area contributed by atoms with Crippen LogP contribution >= 0.6 is 23.5 Å². The Kier molecular flexibility index (Phi) is 7.79. The quantitative estimate of drug-likeness (QED) is 0.0955. The highest BCUT2D eigenvalue weighted by Gasteiger charge is 2.61. The van der Waals surface area contributed by atoms with Gasteiger partial charge in [-0.25, -0.2) is 5.01 Å². The molecule has 0 amide bonds. The molecule has 1 spiro atoms. The number of hydrogen-bond acceptors (Lipinski definition) is 7. The molecule has 0 aromatic heterocycles. The number of carbonyl (C=O) groups excluding carboxylic acids is 1. The number of Topliss-reactive ketones (excluding diaryl/α,β-unsaturated/α-hetero) is 1. The Hall–Kier alpha value is -4.66. The molecule has 1 atom stereocenters. The smallest absolute Gasteiger partial charge is 0.269 e. The first kappa shape index (κ1) is 30.0. The molecule has 2 aliphatic heterocycles. The van der Waals surface area contributed by atoms with Crippen LogP contribution in [0.25, 0.3) is 0 Å². The van der Waals surface area contributed by atoms with Crippen molar-refractivity contribution in [1.82, 2.24) is 0 Å². The van der Waals surface area contributed by atoms with Gasteiger partial charge in [0.25, 0.3) is 5.69 Å². The van der Waals surface area contributed by atoms with E-state index in [4.69, 9.17) is 5.10 Å². The Labute approximate surface area is 276 Å². The van der Waals surface area contributed by atoms with Crippen LogP contribution in [0.5, 0.6) is 0 Å². The van der Waals surface area contributed by atoms with E-state index >= 15 is 0 Å². The molecule has 5 aromatic carbocycles. The minimum atomic E-state index is -0.890. The van der Waals surface area contributed by atoms with Gasteiger partial charge in [-0.3, -0.25) is 14.9 Å². The molecule has 0 saturated heterocycles. The number of anilines is 1. The number of aryl methyl sites for hydroxylation is 2. The predicted molar refractivity (Wildman–Crippen MR) is 189 cm³/mol. The highest BCUT2D eigenvalue weighted by atomic mass is 32.2. The Morgan fingerprint density at radius 3 is 1.83 bits per heavy atom. The number of nitro groups is 1. The lowest BCUT2D eigenvalue weighted by molar-refractivity contribution is -0.384. The van der Waals surface area contributed by atoms with Gasteiger partial charge in [-0.05, 0) is 52.8 Å². The SMILES string of the molecule is CCc1ccc(C2(c3ccc(CC)cc3)S[C@]3(SC(C(=O)c4ccccc4)=NN3c3ccc([N+](=O)[O-])cc3)c3ccccc32)cc1. The van der Waals surface area contributed by atoms with E-state index in [-0.39, 0.29) is 11.5 Å². The first-order chi connectivity index (χ1) is 22.4. The fourth-order valence-corrected chi connectivity index (χ4v) is 9.89. The Morgan fingerprint density at radius 1 is 0.739 bits per heavy atom. The molecule has 0 N–H and O–H groups in total. The number of benzene rings is 5. The second-order valence-electron chi connectivity index (χ2n) is 11.3. The molecule has 46 heavy (non-hydrogen) atoms. The van der Waals surface area contributed by atoms with Gasteiger partial charge in [0.2, 0.25) is 5.78 Å². The monoisotopic (exact) mass is 641 g/mol. The number of hydrazone groups is 1. The van der Waals surface area contributed by atoms with Gasteiger partial charge in [-0.15, -0.1) is 0 Å². The third-order valence-electron chi connectivity index (χ3n) is 8.72. The average Bonchev–Trinajstić information content (AvgIpc) is 3.65. The standard InChI is InChI=1S/C38H31N3O3S2/c1-3-26-14-18-29(19-15-26)37(30-20-16-27(4-2)17-21-30)33-12-8-9-13-34(33)38(46-37)40(31-22-24-32(25-23-31)41(43)44)39-36(45-38)35(42)28-10-6-5-7-11-28/h5-25H,3-4H2,1-2H3/t38-/m1/s1. The van der Waals surface area contributed by atoms with Crippen LogP contribution in [0.1, 0.15) is 57.6 Å². The number of nitrogens with zero attached hydrogens (tertiary/aromatic N) is 3. The van der Waals surface area contributed by atoms with Gasteiger partial charge in [-0.1, -0.05) is 140 Å². The zero-order chi connectivity index (χ0) is 31.9. The van der Waals surface area contributed by atoms with Gasteiger partial charge in [0.05, 0.1) is 15.4 Å². The number of thioether (sulfide) groups is 2. The van der Waals surface area contributed by atoms with Crippen molar-refractivity contribution in [2.24, 2.45) is 5.10 Å². The summed E-state index contributed by atoms with van der Waals surface area (Å²) in [5.74, 6) is -0.162. The maximum Gasteiger partial charge on any atom is 0.269 e. The van der Waals surface area contributed by atoms with E-state index < -0.39 is 13.9 Å². The molecule has 0 saturated carbocycles. The van der Waals surface area contributed by atoms with Crippen LogP contribution in [0, 0.1) is 10.1 Å². The van der Waals surface area contributed by atoms with Gasteiger partial charge in [-0.2, -0.15) is 5.10 Å². The number of carbonyl (C=O) groups is 1. The predicted octanol–water partition coefficient (Wildman–Crippen LogP) is 9.32. The van der Waals surface area contributed by atoms with Crippen LogP contribution in [0.4, 0.5) is 11.4 Å². The van der Waals surface area contributed by atoms with Gasteiger partial charge in [0.15, 0.2) is 9.25 Å². The molecule has 0 fully saturated rings. The summed E-state index contributed by atoms with van der Waals surface area (Å²) < 4.78 is -1.53. The largest absolute Gasteiger partial charge is 0.286 e. The lowest BCUT2D eigenvalue weighted by Gasteiger charge is -2.37. The van der Waals surface area contributed by atoms with Crippen molar-refractivity contribution in [1.29, 1.82) is 0 Å². The fraction of sp³-hybridized carbons (Fsp3) is 0.158. The van der Waals surface area contributed by atoms with Crippen LogP contribution in [0.2, 0.25) is 0 Å². The van der Waals surface area contributed by atoms with Crippen molar-refractivity contribution in [3.05, 3.63) is 176 Å². The first-order valence-electron chi connectivity index (χ1n) is 15.3. The average molecular weight is 642 g/mol. The van der Waals surface area contributed by atoms with E-state index in [2.05, 4.69) is 80.6 Å². The maximum atomic E-state index is 14.0. The number of fused-ring (bicyclic) bond motifs is 2. The molecule has 0 unspecified atom stereocenters. The van der Waals surface area contributed by atoms with Gasteiger partial charge in [0, 0.05) is 23.3 Å². The first-order valence-corrected chi connectivity index (χ1v) is 16.9. The summed E-state index contributed by atoms with van der Waals surface area (Å²) in [6.07, 6.45) is 1.88. The summed E-state index contributed by atoms with van der Waals surface area (Å²) in [6, 6.07) is 41.7. The summed E-state index contributed by atoms with van der Waals surface area (Å²) >= 11 is 3.19. The number of non-ortho nitro benzene ring substituents is 1. The number of hydrogen-bond donors (Lipinski definition) is 0. The third-order valence-corrected chi connectivity index (χ3v) is 12.0. The summed E-state index contributed by atoms with van der Waals surface area (Å²) in [7, 11) is 0. The third kappa shape index (κ3) is 4.84. The van der Waals surface area contributed by atoms with E-state index in [0.717, 1.165) is 35.1 Å². The minimum Gasteiger partial charge on any atom is -0.286 e. The molecule has 2 heterocycles. The summed E-state index contributed by atoms with van der Waals surface area (Å²) in [4.78, 5) is 25.1. The van der Waals surface area contributed by atoms with Crippen molar-refractivity contribution in [3.8, 4) is 0 Å². The normalized spacial score (nSPS) is 18.0. The topological polar surface area (TPSA) is 75.8 Å². The van der Waals surface area contributed by atoms with Crippen molar-refractivity contribution in [2.45, 2.75) is 35.6 Å². The molecular weight excluding hydrogens is 611 g/mol. The highest BCUT2D eigenvalue weighted by molar-refractivity contribution is 8.27. The Morgan fingerprint density at radius 2 is 1.28 bits per heavy atom. The summed E-state index contributed by atoms with van der Waals surface area (Å²) in [5.41, 5.74) is 8.15. The molecule has 7 rings (SSSR count). The molecule has 8 heteroatoms. The molecule has 0 aliphatic carbocycles. The van der Waals surface area contributed by atoms with Crippen LogP contribution in [0.15, 0.2) is 132 Å². The Bertz CT molecular complexity index is 1910. The van der Waals surface area contributed by atoms with Crippen molar-refractivity contribution >= 4 is 45.7 Å². The van der Waals surface area contributed by atoms with E-state index in [1.165, 1.54) is 35.0 Å². The Balaban J connectivity index is 1.46. The lowest BCUT2D eigenvalue weighted by Crippen LogP contribution is -2.34. The summed E-state index contributed by atoms with van der Waals surface area (Å²) in [5, 5.41) is 18.8. The fourth-order valence-electron chi connectivity index (χ4n) is 6.26. The van der Waals surface area contributed by atoms with Crippen molar-refractivity contribution in [3.63, 3.8) is 0 Å². The van der Waals surface area contributed by atoms with Crippen molar-refractivity contribution < 1.29 is 9.72 Å². The second kappa shape index (κ2) is 11.9. The van der Waals surface area contributed by atoms with E-state index in [1.807, 2.05) is 29.3 Å². The van der Waals surface area contributed by atoms with Gasteiger partial charge >= 0.3 is 0 Å².